The first-order chi connectivity index (χ1) is 12.7. The Morgan fingerprint density at radius 2 is 1.50 bits per heavy atom. The summed E-state index contributed by atoms with van der Waals surface area (Å²) in [6, 6.07) is 28.5. The summed E-state index contributed by atoms with van der Waals surface area (Å²) >= 11 is 0. The Labute approximate surface area is 152 Å². The molecule has 4 rings (SSSR count). The summed E-state index contributed by atoms with van der Waals surface area (Å²) in [6.07, 6.45) is 3.97. The summed E-state index contributed by atoms with van der Waals surface area (Å²) in [5.41, 5.74) is 4.23. The van der Waals surface area contributed by atoms with Gasteiger partial charge >= 0.3 is 0 Å². The predicted molar refractivity (Wildman–Crippen MR) is 109 cm³/mol. The summed E-state index contributed by atoms with van der Waals surface area (Å²) in [5, 5.41) is 1.71. The van der Waals surface area contributed by atoms with Crippen molar-refractivity contribution < 1.29 is 0 Å². The Morgan fingerprint density at radius 3 is 2.23 bits per heavy atom. The second-order valence-corrected chi connectivity index (χ2v) is 6.34. The van der Waals surface area contributed by atoms with Crippen LogP contribution in [-0.4, -0.2) is 4.57 Å². The van der Waals surface area contributed by atoms with Crippen LogP contribution in [0.3, 0.4) is 0 Å². The number of aryl methyl sites for hydroxylation is 1. The monoisotopic (exact) mass is 337 g/mol. The van der Waals surface area contributed by atoms with Gasteiger partial charge in [0.2, 0.25) is 0 Å². The van der Waals surface area contributed by atoms with Crippen molar-refractivity contribution in [3.63, 3.8) is 0 Å². The maximum absolute atomic E-state index is 12.9. The molecular formula is C24H19NO. The van der Waals surface area contributed by atoms with E-state index < -0.39 is 0 Å². The maximum Gasteiger partial charge on any atom is 0.258 e. The Morgan fingerprint density at radius 1 is 0.808 bits per heavy atom. The molecule has 0 spiro atoms. The van der Waals surface area contributed by atoms with Crippen LogP contribution in [0, 0.1) is 0 Å². The van der Waals surface area contributed by atoms with E-state index in [1.165, 1.54) is 0 Å². The Hall–Kier alpha value is -3.39. The highest BCUT2D eigenvalue weighted by Crippen LogP contribution is 2.30. The van der Waals surface area contributed by atoms with Crippen LogP contribution >= 0.6 is 0 Å². The van der Waals surface area contributed by atoms with Gasteiger partial charge in [0.1, 0.15) is 0 Å². The zero-order chi connectivity index (χ0) is 17.9. The molecule has 0 N–H and O–H groups in total. The summed E-state index contributed by atoms with van der Waals surface area (Å²) in [7, 11) is 1.79. The van der Waals surface area contributed by atoms with E-state index >= 15 is 0 Å². The topological polar surface area (TPSA) is 22.0 Å². The molecule has 0 saturated carbocycles. The molecule has 0 unspecified atom stereocenters. The third kappa shape index (κ3) is 2.98. The molecule has 0 aliphatic heterocycles. The van der Waals surface area contributed by atoms with Crippen LogP contribution in [0.2, 0.25) is 0 Å². The average Bonchev–Trinajstić information content (AvgIpc) is 2.70. The second kappa shape index (κ2) is 6.85. The van der Waals surface area contributed by atoms with Crippen molar-refractivity contribution >= 4 is 22.4 Å². The normalized spacial score (nSPS) is 11.7. The van der Waals surface area contributed by atoms with Crippen LogP contribution in [0.25, 0.3) is 22.4 Å². The predicted octanol–water partition coefficient (Wildman–Crippen LogP) is 5.13. The second-order valence-electron chi connectivity index (χ2n) is 6.34. The lowest BCUT2D eigenvalue weighted by Crippen LogP contribution is -2.16. The van der Waals surface area contributed by atoms with Crippen molar-refractivity contribution in [2.45, 2.75) is 0 Å². The lowest BCUT2D eigenvalue weighted by molar-refractivity contribution is 0.873. The Balaban J connectivity index is 2.05. The van der Waals surface area contributed by atoms with Crippen molar-refractivity contribution in [1.29, 1.82) is 0 Å². The minimum Gasteiger partial charge on any atom is -0.318 e. The van der Waals surface area contributed by atoms with Crippen LogP contribution in [0.5, 0.6) is 0 Å². The van der Waals surface area contributed by atoms with Gasteiger partial charge in [0.15, 0.2) is 0 Å². The van der Waals surface area contributed by atoms with Gasteiger partial charge in [0.05, 0.1) is 5.39 Å². The van der Waals surface area contributed by atoms with E-state index in [1.54, 1.807) is 11.6 Å². The first-order valence-corrected chi connectivity index (χ1v) is 8.65. The molecule has 26 heavy (non-hydrogen) atoms. The van der Waals surface area contributed by atoms with E-state index in [9.17, 15) is 4.79 Å². The number of hydrogen-bond donors (Lipinski definition) is 0. The van der Waals surface area contributed by atoms with Crippen LogP contribution in [0.1, 0.15) is 16.7 Å². The molecule has 0 atom stereocenters. The van der Waals surface area contributed by atoms with Gasteiger partial charge in [-0.25, -0.2) is 0 Å². The SMILES string of the molecule is Cn1ccc2cccc(/C(=C\c3ccccc3)c3ccccc3)c2c1=O. The van der Waals surface area contributed by atoms with Gasteiger partial charge in [-0.15, -0.1) is 0 Å². The summed E-state index contributed by atoms with van der Waals surface area (Å²) in [4.78, 5) is 12.9. The molecule has 126 valence electrons. The summed E-state index contributed by atoms with van der Waals surface area (Å²) < 4.78 is 1.64. The number of aromatic nitrogens is 1. The fourth-order valence-corrected chi connectivity index (χ4v) is 3.26. The molecule has 0 fully saturated rings. The largest absolute Gasteiger partial charge is 0.318 e. The van der Waals surface area contributed by atoms with Crippen LogP contribution < -0.4 is 5.56 Å². The van der Waals surface area contributed by atoms with Gasteiger partial charge in [-0.2, -0.15) is 0 Å². The quantitative estimate of drug-likeness (QED) is 0.475. The highest BCUT2D eigenvalue weighted by atomic mass is 16.1. The van der Waals surface area contributed by atoms with Crippen molar-refractivity contribution in [2.75, 3.05) is 0 Å². The minimum absolute atomic E-state index is 0.0213. The highest BCUT2D eigenvalue weighted by Gasteiger charge is 2.12. The van der Waals surface area contributed by atoms with E-state index in [1.807, 2.05) is 66.9 Å². The molecule has 1 heterocycles. The van der Waals surface area contributed by atoms with Crippen LogP contribution in [0.15, 0.2) is 95.9 Å². The van der Waals surface area contributed by atoms with E-state index in [0.717, 1.165) is 33.0 Å². The summed E-state index contributed by atoms with van der Waals surface area (Å²) in [6.45, 7) is 0. The molecule has 2 nitrogen and oxygen atoms in total. The van der Waals surface area contributed by atoms with E-state index in [2.05, 4.69) is 30.3 Å². The molecule has 0 aliphatic carbocycles. The molecule has 0 bridgehead atoms. The molecule has 0 saturated heterocycles. The fraction of sp³-hybridized carbons (Fsp3) is 0.0417. The lowest BCUT2D eigenvalue weighted by atomic mass is 9.92. The molecular weight excluding hydrogens is 318 g/mol. The number of hydrogen-bond acceptors (Lipinski definition) is 1. The van der Waals surface area contributed by atoms with Gasteiger partial charge in [-0.3, -0.25) is 4.79 Å². The number of pyridine rings is 1. The Kier molecular flexibility index (Phi) is 4.24. The highest BCUT2D eigenvalue weighted by molar-refractivity contribution is 6.02. The molecule has 0 radical (unpaired) electrons. The smallest absolute Gasteiger partial charge is 0.258 e. The first-order valence-electron chi connectivity index (χ1n) is 8.65. The first kappa shape index (κ1) is 16.1. The standard InChI is InChI=1S/C24H19NO/c1-25-16-15-20-13-8-14-21(23(20)24(25)26)22(19-11-6-3-7-12-19)17-18-9-4-2-5-10-18/h2-17H,1H3/b22-17-. The molecule has 0 amide bonds. The minimum atomic E-state index is 0.0213. The van der Waals surface area contributed by atoms with Crippen LogP contribution in [-0.2, 0) is 7.05 Å². The average molecular weight is 337 g/mol. The number of fused-ring (bicyclic) bond motifs is 1. The van der Waals surface area contributed by atoms with Crippen LogP contribution in [0.4, 0.5) is 0 Å². The van der Waals surface area contributed by atoms with Crippen molar-refractivity contribution in [2.24, 2.45) is 7.05 Å². The van der Waals surface area contributed by atoms with Gasteiger partial charge in [0, 0.05) is 13.2 Å². The van der Waals surface area contributed by atoms with Crippen molar-refractivity contribution in [1.82, 2.24) is 4.57 Å². The third-order valence-electron chi connectivity index (χ3n) is 4.59. The number of nitrogens with zero attached hydrogens (tertiary/aromatic N) is 1. The van der Waals surface area contributed by atoms with Crippen molar-refractivity contribution in [3.05, 3.63) is 118 Å². The lowest BCUT2D eigenvalue weighted by Gasteiger charge is -2.13. The molecule has 1 aromatic heterocycles. The molecule has 0 aliphatic rings. The van der Waals surface area contributed by atoms with Gasteiger partial charge in [-0.05, 0) is 39.8 Å². The van der Waals surface area contributed by atoms with Gasteiger partial charge < -0.3 is 4.57 Å². The fourth-order valence-electron chi connectivity index (χ4n) is 3.26. The number of benzene rings is 3. The van der Waals surface area contributed by atoms with Gasteiger partial charge in [0.25, 0.3) is 5.56 Å². The van der Waals surface area contributed by atoms with Crippen molar-refractivity contribution in [3.8, 4) is 0 Å². The van der Waals surface area contributed by atoms with Gasteiger partial charge in [-0.1, -0.05) is 78.9 Å². The summed E-state index contributed by atoms with van der Waals surface area (Å²) in [5.74, 6) is 0. The molecule has 4 aromatic rings. The van der Waals surface area contributed by atoms with E-state index in [0.29, 0.717) is 0 Å². The zero-order valence-electron chi connectivity index (χ0n) is 14.6. The maximum atomic E-state index is 12.9. The van der Waals surface area contributed by atoms with E-state index in [4.69, 9.17) is 0 Å². The van der Waals surface area contributed by atoms with E-state index in [-0.39, 0.29) is 5.56 Å². The zero-order valence-corrected chi connectivity index (χ0v) is 14.6. The number of rotatable bonds is 3. The third-order valence-corrected chi connectivity index (χ3v) is 4.59. The molecule has 3 aromatic carbocycles. The Bertz CT molecular complexity index is 1140. The molecule has 2 heteroatoms.